The van der Waals surface area contributed by atoms with Gasteiger partial charge in [0.2, 0.25) is 0 Å². The molecule has 190 valence electrons. The zero-order chi connectivity index (χ0) is 26.2. The molecule has 0 aliphatic rings. The van der Waals surface area contributed by atoms with Gasteiger partial charge in [-0.15, -0.1) is 0 Å². The van der Waals surface area contributed by atoms with Gasteiger partial charge in [0.15, 0.2) is 0 Å². The number of ether oxygens (including phenoxy) is 1. The highest BCUT2D eigenvalue weighted by molar-refractivity contribution is 6.00. The van der Waals surface area contributed by atoms with Gasteiger partial charge in [0.25, 0.3) is 0 Å². The number of rotatable bonds is 7. The van der Waals surface area contributed by atoms with Gasteiger partial charge in [-0.1, -0.05) is 6.07 Å². The third-order valence-corrected chi connectivity index (χ3v) is 6.38. The Labute approximate surface area is 217 Å². The number of phenols is 1. The maximum absolute atomic E-state index is 14.0. The second-order valence-electron chi connectivity index (χ2n) is 9.40. The summed E-state index contributed by atoms with van der Waals surface area (Å²) >= 11 is 0. The minimum Gasteiger partial charge on any atom is -0.508 e. The van der Waals surface area contributed by atoms with E-state index in [4.69, 9.17) is 4.74 Å². The number of aromatic nitrogens is 5. The van der Waals surface area contributed by atoms with Gasteiger partial charge in [0.05, 0.1) is 23.1 Å². The van der Waals surface area contributed by atoms with E-state index in [1.165, 1.54) is 12.1 Å². The van der Waals surface area contributed by atoms with Crippen LogP contribution >= 0.6 is 0 Å². The number of pyridine rings is 2. The molecule has 0 spiro atoms. The fourth-order valence-electron chi connectivity index (χ4n) is 4.52. The lowest BCUT2D eigenvalue weighted by Gasteiger charge is -2.11. The molecule has 6 aromatic rings. The first-order chi connectivity index (χ1) is 18.4. The van der Waals surface area contributed by atoms with Gasteiger partial charge in [0.1, 0.15) is 29.6 Å². The van der Waals surface area contributed by atoms with E-state index < -0.39 is 5.82 Å². The Balaban J connectivity index is 1.38. The van der Waals surface area contributed by atoms with Crippen molar-refractivity contribution in [2.45, 2.75) is 0 Å². The Hall–Kier alpha value is -4.76. The van der Waals surface area contributed by atoms with E-state index in [9.17, 15) is 9.50 Å². The summed E-state index contributed by atoms with van der Waals surface area (Å²) in [4.78, 5) is 14.3. The molecule has 0 saturated carbocycles. The number of nitrogens with one attached hydrogen (secondary N) is 2. The number of hydrogen-bond acceptors (Lipinski definition) is 6. The summed E-state index contributed by atoms with van der Waals surface area (Å²) in [7, 11) is 4.01. The van der Waals surface area contributed by atoms with Crippen LogP contribution in [0.5, 0.6) is 11.5 Å². The van der Waals surface area contributed by atoms with Gasteiger partial charge in [-0.25, -0.2) is 4.39 Å². The molecule has 4 aromatic heterocycles. The number of H-pyrrole nitrogens is 2. The molecule has 0 radical (unpaired) electrons. The van der Waals surface area contributed by atoms with Crippen LogP contribution < -0.4 is 4.74 Å². The summed E-state index contributed by atoms with van der Waals surface area (Å²) in [5.74, 6) is 0.0417. The van der Waals surface area contributed by atoms with Gasteiger partial charge in [-0.05, 0) is 62.1 Å². The van der Waals surface area contributed by atoms with Crippen LogP contribution in [0.4, 0.5) is 4.39 Å². The van der Waals surface area contributed by atoms with Crippen LogP contribution in [0.15, 0.2) is 73.2 Å². The Morgan fingerprint density at radius 3 is 2.61 bits per heavy atom. The number of nitrogens with zero attached hydrogens (tertiary/aromatic N) is 4. The van der Waals surface area contributed by atoms with Crippen molar-refractivity contribution in [3.05, 3.63) is 79.0 Å². The third kappa shape index (κ3) is 4.55. The molecule has 0 bridgehead atoms. The molecule has 8 nitrogen and oxygen atoms in total. The second-order valence-corrected chi connectivity index (χ2v) is 9.40. The fourth-order valence-corrected chi connectivity index (χ4v) is 4.52. The van der Waals surface area contributed by atoms with Gasteiger partial charge in [-0.2, -0.15) is 5.10 Å². The van der Waals surface area contributed by atoms with Crippen molar-refractivity contribution in [1.82, 2.24) is 30.0 Å². The van der Waals surface area contributed by atoms with Crippen molar-refractivity contribution in [3.8, 4) is 45.3 Å². The summed E-state index contributed by atoms with van der Waals surface area (Å²) in [5.41, 5.74) is 6.24. The second kappa shape index (κ2) is 9.60. The highest BCUT2D eigenvalue weighted by Gasteiger charge is 2.16. The van der Waals surface area contributed by atoms with Crippen LogP contribution in [0, 0.1) is 5.82 Å². The van der Waals surface area contributed by atoms with Gasteiger partial charge in [0, 0.05) is 52.4 Å². The molecular weight excluding hydrogens is 483 g/mol. The number of benzene rings is 2. The van der Waals surface area contributed by atoms with E-state index in [0.717, 1.165) is 62.7 Å². The predicted octanol–water partition coefficient (Wildman–Crippen LogP) is 5.62. The Kier molecular flexibility index (Phi) is 5.97. The van der Waals surface area contributed by atoms with Crippen molar-refractivity contribution < 1.29 is 14.2 Å². The molecule has 2 aromatic carbocycles. The third-order valence-electron chi connectivity index (χ3n) is 6.38. The minimum atomic E-state index is -0.526. The van der Waals surface area contributed by atoms with Gasteiger partial charge < -0.3 is 19.7 Å². The number of halogens is 1. The first-order valence-corrected chi connectivity index (χ1v) is 12.1. The smallest absolute Gasteiger partial charge is 0.138 e. The molecular formula is C29H25FN6O2. The first-order valence-electron chi connectivity index (χ1n) is 12.1. The number of fused-ring (bicyclic) bond motifs is 2. The molecule has 0 aliphatic carbocycles. The maximum atomic E-state index is 14.0. The summed E-state index contributed by atoms with van der Waals surface area (Å²) in [6.07, 6.45) is 5.19. The normalized spacial score (nSPS) is 11.6. The van der Waals surface area contributed by atoms with E-state index in [1.807, 2.05) is 50.6 Å². The Morgan fingerprint density at radius 2 is 1.76 bits per heavy atom. The Morgan fingerprint density at radius 1 is 0.895 bits per heavy atom. The van der Waals surface area contributed by atoms with Crippen LogP contribution in [-0.2, 0) is 0 Å². The van der Waals surface area contributed by atoms with E-state index in [1.54, 1.807) is 12.4 Å². The molecule has 38 heavy (non-hydrogen) atoms. The largest absolute Gasteiger partial charge is 0.508 e. The first kappa shape index (κ1) is 23.6. The van der Waals surface area contributed by atoms with Crippen molar-refractivity contribution in [1.29, 1.82) is 0 Å². The number of phenolic OH excluding ortho intramolecular Hbond substituents is 1. The number of aromatic amines is 2. The summed E-state index contributed by atoms with van der Waals surface area (Å²) in [6.45, 7) is 1.40. The van der Waals surface area contributed by atoms with Crippen molar-refractivity contribution in [3.63, 3.8) is 0 Å². The Bertz CT molecular complexity index is 1750. The number of aromatic hydroxyl groups is 1. The van der Waals surface area contributed by atoms with Crippen molar-refractivity contribution in [2.75, 3.05) is 27.2 Å². The fraction of sp³-hybridized carbons (Fsp3) is 0.138. The zero-order valence-electron chi connectivity index (χ0n) is 20.9. The molecule has 4 heterocycles. The average Bonchev–Trinajstić information content (AvgIpc) is 3.51. The van der Waals surface area contributed by atoms with Gasteiger partial charge in [-0.3, -0.25) is 15.1 Å². The number of hydrogen-bond donors (Lipinski definition) is 3. The molecule has 6 rings (SSSR count). The van der Waals surface area contributed by atoms with Gasteiger partial charge >= 0.3 is 0 Å². The highest BCUT2D eigenvalue weighted by atomic mass is 19.1. The van der Waals surface area contributed by atoms with Crippen LogP contribution in [-0.4, -0.2) is 62.4 Å². The van der Waals surface area contributed by atoms with Crippen LogP contribution in [0.1, 0.15) is 0 Å². The minimum absolute atomic E-state index is 0.151. The highest BCUT2D eigenvalue weighted by Crippen LogP contribution is 2.35. The number of likely N-dealkylation sites (N-methyl/N-ethyl adjacent to an activating group) is 1. The zero-order valence-corrected chi connectivity index (χ0v) is 20.9. The standard InChI is InChI=1S/C29H25FN6O2/c1-36(2)7-8-38-22-11-19(15-31-16-22)17-3-4-26-23(12-17)29(35-34-26)27-14-24-25(33-27)5-6-32-28(24)18-9-20(30)13-21(37)10-18/h3-6,9-16,33,37H,7-8H2,1-2H3,(H,34,35). The van der Waals surface area contributed by atoms with Crippen molar-refractivity contribution >= 4 is 21.8 Å². The van der Waals surface area contributed by atoms with Crippen LogP contribution in [0.2, 0.25) is 0 Å². The molecule has 3 N–H and O–H groups in total. The molecule has 9 heteroatoms. The van der Waals surface area contributed by atoms with E-state index in [0.29, 0.717) is 17.9 Å². The molecule has 0 aliphatic heterocycles. The lowest BCUT2D eigenvalue weighted by molar-refractivity contribution is 0.261. The quantitative estimate of drug-likeness (QED) is 0.259. The lowest BCUT2D eigenvalue weighted by Crippen LogP contribution is -2.19. The maximum Gasteiger partial charge on any atom is 0.138 e. The summed E-state index contributed by atoms with van der Waals surface area (Å²) < 4.78 is 19.9. The van der Waals surface area contributed by atoms with Crippen LogP contribution in [0.25, 0.3) is 55.6 Å². The summed E-state index contributed by atoms with van der Waals surface area (Å²) in [6, 6.07) is 15.8. The van der Waals surface area contributed by atoms with Crippen molar-refractivity contribution in [2.24, 2.45) is 0 Å². The lowest BCUT2D eigenvalue weighted by atomic mass is 10.0. The average molecular weight is 509 g/mol. The van der Waals surface area contributed by atoms with E-state index >= 15 is 0 Å². The predicted molar refractivity (Wildman–Crippen MR) is 146 cm³/mol. The van der Waals surface area contributed by atoms with Crippen LogP contribution in [0.3, 0.4) is 0 Å². The monoisotopic (exact) mass is 508 g/mol. The van der Waals surface area contributed by atoms with E-state index in [2.05, 4.69) is 36.1 Å². The molecule has 0 atom stereocenters. The molecule has 0 amide bonds. The SMILES string of the molecule is CN(C)CCOc1cncc(-c2ccc3[nH]nc(-c4cc5c(-c6cc(O)cc(F)c6)nccc5[nH]4)c3c2)c1. The van der Waals surface area contributed by atoms with E-state index in [-0.39, 0.29) is 5.75 Å². The molecule has 0 fully saturated rings. The molecule has 0 unspecified atom stereocenters. The molecule has 0 saturated heterocycles. The topological polar surface area (TPSA) is 103 Å². The summed E-state index contributed by atoms with van der Waals surface area (Å²) in [5, 5.41) is 19.3.